The molecule has 0 saturated carbocycles. The van der Waals surface area contributed by atoms with Crippen molar-refractivity contribution in [2.45, 2.75) is 26.8 Å². The number of aryl methyl sites for hydroxylation is 1. The molecular weight excluding hydrogens is 178 g/mol. The second kappa shape index (κ2) is 3.25. The van der Waals surface area contributed by atoms with Crippen molar-refractivity contribution in [2.24, 2.45) is 0 Å². The van der Waals surface area contributed by atoms with Crippen LogP contribution in [0.25, 0.3) is 5.65 Å². The fourth-order valence-corrected chi connectivity index (χ4v) is 1.27. The summed E-state index contributed by atoms with van der Waals surface area (Å²) in [4.78, 5) is 0. The van der Waals surface area contributed by atoms with Gasteiger partial charge in [-0.2, -0.15) is 4.52 Å². The third-order valence-corrected chi connectivity index (χ3v) is 1.86. The number of fused-ring (bicyclic) bond motifs is 1. The average Bonchev–Trinajstić information content (AvgIpc) is 2.47. The molecule has 0 atom stereocenters. The molecule has 0 amide bonds. The van der Waals surface area contributed by atoms with Crippen LogP contribution < -0.4 is 5.32 Å². The Labute approximate surface area is 82.2 Å². The van der Waals surface area contributed by atoms with E-state index < -0.39 is 0 Å². The molecule has 0 saturated heterocycles. The fourth-order valence-electron chi connectivity index (χ4n) is 1.27. The molecule has 2 heterocycles. The molecule has 0 bridgehead atoms. The normalized spacial score (nSPS) is 11.1. The number of hydrogen-bond acceptors (Lipinski definition) is 4. The van der Waals surface area contributed by atoms with Crippen LogP contribution in [0.2, 0.25) is 0 Å². The molecule has 0 radical (unpaired) electrons. The molecule has 0 unspecified atom stereocenters. The molecule has 1 N–H and O–H groups in total. The van der Waals surface area contributed by atoms with E-state index in [-0.39, 0.29) is 0 Å². The van der Waals surface area contributed by atoms with Crippen molar-refractivity contribution in [2.75, 3.05) is 5.32 Å². The lowest BCUT2D eigenvalue weighted by Crippen LogP contribution is -2.12. The van der Waals surface area contributed by atoms with Gasteiger partial charge < -0.3 is 5.32 Å². The van der Waals surface area contributed by atoms with E-state index in [0.29, 0.717) is 6.04 Å². The zero-order valence-electron chi connectivity index (χ0n) is 8.52. The minimum Gasteiger partial charge on any atom is -0.366 e. The van der Waals surface area contributed by atoms with Crippen molar-refractivity contribution >= 4 is 11.5 Å². The molecule has 74 valence electrons. The Balaban J connectivity index is 2.44. The summed E-state index contributed by atoms with van der Waals surface area (Å²) in [6, 6.07) is 4.18. The van der Waals surface area contributed by atoms with Gasteiger partial charge in [0, 0.05) is 6.04 Å². The van der Waals surface area contributed by atoms with Gasteiger partial charge in [0.2, 0.25) is 0 Å². The summed E-state index contributed by atoms with van der Waals surface area (Å²) in [7, 11) is 0. The van der Waals surface area contributed by atoms with E-state index in [0.717, 1.165) is 17.3 Å². The maximum atomic E-state index is 4.36. The predicted molar refractivity (Wildman–Crippen MR) is 54.3 cm³/mol. The molecule has 5 nitrogen and oxygen atoms in total. The van der Waals surface area contributed by atoms with Crippen LogP contribution in [0.4, 0.5) is 5.82 Å². The van der Waals surface area contributed by atoms with Crippen molar-refractivity contribution in [1.29, 1.82) is 0 Å². The highest BCUT2D eigenvalue weighted by atomic mass is 15.4. The first-order valence-electron chi connectivity index (χ1n) is 4.62. The average molecular weight is 191 g/mol. The van der Waals surface area contributed by atoms with Gasteiger partial charge in [0.05, 0.1) is 0 Å². The number of hydrogen-bond donors (Lipinski definition) is 1. The third kappa shape index (κ3) is 1.53. The Morgan fingerprint density at radius 3 is 2.79 bits per heavy atom. The summed E-state index contributed by atoms with van der Waals surface area (Å²) >= 11 is 0. The zero-order valence-corrected chi connectivity index (χ0v) is 8.52. The number of rotatable bonds is 2. The van der Waals surface area contributed by atoms with Gasteiger partial charge in [-0.25, -0.2) is 0 Å². The zero-order chi connectivity index (χ0) is 10.1. The molecule has 2 aromatic heterocycles. The number of anilines is 1. The van der Waals surface area contributed by atoms with Gasteiger partial charge in [-0.05, 0) is 32.9 Å². The Morgan fingerprint density at radius 1 is 1.29 bits per heavy atom. The molecule has 2 rings (SSSR count). The Hall–Kier alpha value is -1.65. The molecule has 14 heavy (non-hydrogen) atoms. The minimum absolute atomic E-state index is 0.372. The van der Waals surface area contributed by atoms with Crippen LogP contribution in [0.15, 0.2) is 12.1 Å². The second-order valence-electron chi connectivity index (χ2n) is 3.53. The summed E-state index contributed by atoms with van der Waals surface area (Å²) < 4.78 is 1.73. The molecule has 0 spiro atoms. The largest absolute Gasteiger partial charge is 0.366 e. The summed E-state index contributed by atoms with van der Waals surface area (Å²) in [5.74, 6) is 1.64. The van der Waals surface area contributed by atoms with Gasteiger partial charge >= 0.3 is 0 Å². The van der Waals surface area contributed by atoms with Crippen molar-refractivity contribution < 1.29 is 0 Å². The maximum Gasteiger partial charge on any atom is 0.178 e. The van der Waals surface area contributed by atoms with Crippen molar-refractivity contribution in [3.63, 3.8) is 0 Å². The van der Waals surface area contributed by atoms with E-state index >= 15 is 0 Å². The molecular formula is C9H13N5. The maximum absolute atomic E-state index is 4.36. The summed E-state index contributed by atoms with van der Waals surface area (Å²) in [6.45, 7) is 6.03. The van der Waals surface area contributed by atoms with Crippen LogP contribution in [0.5, 0.6) is 0 Å². The van der Waals surface area contributed by atoms with Crippen LogP contribution in [0, 0.1) is 6.92 Å². The molecule has 2 aromatic rings. The van der Waals surface area contributed by atoms with E-state index in [2.05, 4.69) is 34.5 Å². The van der Waals surface area contributed by atoms with E-state index in [1.807, 2.05) is 19.1 Å². The van der Waals surface area contributed by atoms with Crippen LogP contribution in [0.3, 0.4) is 0 Å². The van der Waals surface area contributed by atoms with Gasteiger partial charge in [-0.1, -0.05) is 0 Å². The van der Waals surface area contributed by atoms with Crippen LogP contribution in [0.1, 0.15) is 19.7 Å². The van der Waals surface area contributed by atoms with Gasteiger partial charge in [0.15, 0.2) is 11.5 Å². The first kappa shape index (κ1) is 8.93. The van der Waals surface area contributed by atoms with Crippen LogP contribution >= 0.6 is 0 Å². The van der Waals surface area contributed by atoms with E-state index in [9.17, 15) is 0 Å². The number of nitrogens with zero attached hydrogens (tertiary/aromatic N) is 4. The predicted octanol–water partition coefficient (Wildman–Crippen LogP) is 1.25. The summed E-state index contributed by atoms with van der Waals surface area (Å²) in [5.41, 5.74) is 0.775. The van der Waals surface area contributed by atoms with Crippen molar-refractivity contribution in [3.05, 3.63) is 18.0 Å². The monoisotopic (exact) mass is 191 g/mol. The van der Waals surface area contributed by atoms with E-state index in [4.69, 9.17) is 0 Å². The van der Waals surface area contributed by atoms with Crippen LogP contribution in [-0.4, -0.2) is 25.9 Å². The van der Waals surface area contributed by atoms with Gasteiger partial charge in [-0.3, -0.25) is 0 Å². The Bertz CT molecular complexity index is 445. The van der Waals surface area contributed by atoms with Crippen molar-refractivity contribution in [3.8, 4) is 0 Å². The second-order valence-corrected chi connectivity index (χ2v) is 3.53. The Morgan fingerprint density at radius 2 is 2.07 bits per heavy atom. The first-order valence-corrected chi connectivity index (χ1v) is 4.62. The Kier molecular flexibility index (Phi) is 2.07. The molecule has 0 aliphatic carbocycles. The molecule has 0 aromatic carbocycles. The quantitative estimate of drug-likeness (QED) is 0.776. The SMILES string of the molecule is Cc1nnc2ccc(NC(C)C)nn12. The highest BCUT2D eigenvalue weighted by Gasteiger charge is 2.03. The summed E-state index contributed by atoms with van der Waals surface area (Å²) in [5, 5.41) is 15.5. The van der Waals surface area contributed by atoms with Gasteiger partial charge in [-0.15, -0.1) is 15.3 Å². The molecule has 0 aliphatic rings. The number of nitrogens with one attached hydrogen (secondary N) is 1. The lowest BCUT2D eigenvalue weighted by Gasteiger charge is -2.08. The van der Waals surface area contributed by atoms with Gasteiger partial charge in [0.25, 0.3) is 0 Å². The smallest absolute Gasteiger partial charge is 0.178 e. The van der Waals surface area contributed by atoms with E-state index in [1.54, 1.807) is 4.52 Å². The lowest BCUT2D eigenvalue weighted by atomic mass is 10.4. The number of aromatic nitrogens is 4. The topological polar surface area (TPSA) is 55.1 Å². The highest BCUT2D eigenvalue weighted by Crippen LogP contribution is 2.07. The van der Waals surface area contributed by atoms with Crippen LogP contribution in [-0.2, 0) is 0 Å². The molecule has 0 fully saturated rings. The molecule has 5 heteroatoms. The molecule has 0 aliphatic heterocycles. The lowest BCUT2D eigenvalue weighted by molar-refractivity contribution is 0.836. The first-order chi connectivity index (χ1) is 6.66. The fraction of sp³-hybridized carbons (Fsp3) is 0.444. The highest BCUT2D eigenvalue weighted by molar-refractivity contribution is 5.44. The van der Waals surface area contributed by atoms with Crippen molar-refractivity contribution in [1.82, 2.24) is 19.8 Å². The minimum atomic E-state index is 0.372. The standard InChI is InChI=1S/C9H13N5/c1-6(2)10-8-4-5-9-12-11-7(3)14(9)13-8/h4-6H,1-3H3,(H,10,13). The third-order valence-electron chi connectivity index (χ3n) is 1.86. The van der Waals surface area contributed by atoms with E-state index in [1.165, 1.54) is 0 Å². The summed E-state index contributed by atoms with van der Waals surface area (Å²) in [6.07, 6.45) is 0. The van der Waals surface area contributed by atoms with Gasteiger partial charge in [0.1, 0.15) is 5.82 Å².